The van der Waals surface area contributed by atoms with Crippen LogP contribution >= 0.6 is 15.9 Å². The van der Waals surface area contributed by atoms with Gasteiger partial charge < -0.3 is 9.88 Å². The summed E-state index contributed by atoms with van der Waals surface area (Å²) in [5.74, 6) is 0.435. The van der Waals surface area contributed by atoms with Gasteiger partial charge in [-0.3, -0.25) is 0 Å². The van der Waals surface area contributed by atoms with E-state index >= 15 is 0 Å². The largest absolute Gasteiger partial charge is 0.325 e. The van der Waals surface area contributed by atoms with Gasteiger partial charge in [-0.15, -0.1) is 0 Å². The van der Waals surface area contributed by atoms with Gasteiger partial charge in [0.1, 0.15) is 5.82 Å². The molecule has 1 aromatic heterocycles. The normalized spacial score (nSPS) is 10.6. The maximum Gasteiger partial charge on any atom is 0.207 e. The molecule has 1 N–H and O–H groups in total. The quantitative estimate of drug-likeness (QED) is 0.932. The van der Waals surface area contributed by atoms with E-state index in [0.717, 1.165) is 23.7 Å². The molecular weight excluding hydrogens is 285 g/mol. The number of nitrogens with one attached hydrogen (secondary N) is 1. The van der Waals surface area contributed by atoms with Crippen molar-refractivity contribution in [2.45, 2.75) is 20.4 Å². The van der Waals surface area contributed by atoms with E-state index in [2.05, 4.69) is 26.2 Å². The third kappa shape index (κ3) is 2.49. The molecule has 2 aromatic rings. The van der Waals surface area contributed by atoms with Crippen molar-refractivity contribution in [3.8, 4) is 0 Å². The molecule has 1 heterocycles. The summed E-state index contributed by atoms with van der Waals surface area (Å²) >= 11 is 3.16. The number of hydrogen-bond donors (Lipinski definition) is 1. The average molecular weight is 298 g/mol. The number of halogens is 2. The second-order valence-corrected chi connectivity index (χ2v) is 4.60. The molecule has 90 valence electrons. The number of rotatable bonds is 3. The van der Waals surface area contributed by atoms with Gasteiger partial charge in [-0.2, -0.15) is 0 Å². The zero-order valence-corrected chi connectivity index (χ0v) is 11.3. The van der Waals surface area contributed by atoms with Gasteiger partial charge in [0.05, 0.1) is 4.47 Å². The third-order valence-electron chi connectivity index (χ3n) is 2.57. The van der Waals surface area contributed by atoms with Crippen LogP contribution in [0.25, 0.3) is 0 Å². The highest BCUT2D eigenvalue weighted by Gasteiger charge is 2.07. The zero-order chi connectivity index (χ0) is 12.4. The smallest absolute Gasteiger partial charge is 0.207 e. The van der Waals surface area contributed by atoms with E-state index in [9.17, 15) is 4.39 Å². The lowest BCUT2D eigenvalue weighted by atomic mass is 10.2. The lowest BCUT2D eigenvalue weighted by Crippen LogP contribution is -2.03. The second-order valence-electron chi connectivity index (χ2n) is 3.74. The summed E-state index contributed by atoms with van der Waals surface area (Å²) in [5.41, 5.74) is 1.69. The molecule has 0 saturated carbocycles. The standard InChI is InChI=1S/C12H13BrFN3/c1-3-17-5-4-15-12(17)16-11-7-10(14)9(13)6-8(11)2/h4-7H,3H2,1-2H3,(H,15,16). The zero-order valence-electron chi connectivity index (χ0n) is 9.67. The Morgan fingerprint density at radius 3 is 2.94 bits per heavy atom. The maximum absolute atomic E-state index is 13.5. The molecule has 0 saturated heterocycles. The van der Waals surface area contributed by atoms with E-state index in [-0.39, 0.29) is 5.82 Å². The number of anilines is 2. The molecule has 0 aliphatic rings. The molecule has 0 spiro atoms. The molecule has 2 rings (SSSR count). The highest BCUT2D eigenvalue weighted by atomic mass is 79.9. The molecule has 0 atom stereocenters. The summed E-state index contributed by atoms with van der Waals surface area (Å²) in [6, 6.07) is 3.21. The minimum atomic E-state index is -0.285. The topological polar surface area (TPSA) is 29.9 Å². The summed E-state index contributed by atoms with van der Waals surface area (Å²) in [6.45, 7) is 4.77. The first-order valence-corrected chi connectivity index (χ1v) is 6.15. The van der Waals surface area contributed by atoms with Crippen LogP contribution < -0.4 is 5.32 Å². The Labute approximate surface area is 108 Å². The van der Waals surface area contributed by atoms with Gasteiger partial charge in [0, 0.05) is 24.6 Å². The van der Waals surface area contributed by atoms with Gasteiger partial charge in [-0.1, -0.05) is 0 Å². The minimum Gasteiger partial charge on any atom is -0.325 e. The first-order valence-electron chi connectivity index (χ1n) is 5.35. The SMILES string of the molecule is CCn1ccnc1Nc1cc(F)c(Br)cc1C. The van der Waals surface area contributed by atoms with Crippen molar-refractivity contribution >= 4 is 27.6 Å². The van der Waals surface area contributed by atoms with Crippen molar-refractivity contribution in [1.29, 1.82) is 0 Å². The van der Waals surface area contributed by atoms with Crippen LogP contribution in [0.15, 0.2) is 29.0 Å². The van der Waals surface area contributed by atoms with Gasteiger partial charge in [-0.25, -0.2) is 9.37 Å². The molecule has 3 nitrogen and oxygen atoms in total. The summed E-state index contributed by atoms with van der Waals surface area (Å²) in [4.78, 5) is 4.19. The number of hydrogen-bond acceptors (Lipinski definition) is 2. The molecule has 1 aromatic carbocycles. The predicted molar refractivity (Wildman–Crippen MR) is 70.0 cm³/mol. The molecule has 0 aliphatic heterocycles. The fraction of sp³-hybridized carbons (Fsp3) is 0.250. The number of aryl methyl sites for hydroxylation is 2. The first-order chi connectivity index (χ1) is 8.11. The Balaban J connectivity index is 2.33. The van der Waals surface area contributed by atoms with Gasteiger partial charge in [0.2, 0.25) is 5.95 Å². The van der Waals surface area contributed by atoms with Crippen LogP contribution in [0.3, 0.4) is 0 Å². The summed E-state index contributed by atoms with van der Waals surface area (Å²) in [6.07, 6.45) is 3.60. The van der Waals surface area contributed by atoms with Crippen LogP contribution in [0, 0.1) is 12.7 Å². The van der Waals surface area contributed by atoms with Crippen LogP contribution in [-0.4, -0.2) is 9.55 Å². The molecule has 0 bridgehead atoms. The second kappa shape index (κ2) is 4.87. The molecule has 0 radical (unpaired) electrons. The summed E-state index contributed by atoms with van der Waals surface area (Å²) in [7, 11) is 0. The van der Waals surface area contributed by atoms with Gasteiger partial charge in [0.15, 0.2) is 0 Å². The average Bonchev–Trinajstić information content (AvgIpc) is 2.73. The van der Waals surface area contributed by atoms with E-state index in [0.29, 0.717) is 4.47 Å². The van der Waals surface area contributed by atoms with E-state index < -0.39 is 0 Å². The van der Waals surface area contributed by atoms with Gasteiger partial charge in [0.25, 0.3) is 0 Å². The summed E-state index contributed by atoms with van der Waals surface area (Å²) in [5, 5.41) is 3.13. The Kier molecular flexibility index (Phi) is 3.47. The lowest BCUT2D eigenvalue weighted by Gasteiger charge is -2.11. The highest BCUT2D eigenvalue weighted by Crippen LogP contribution is 2.26. The molecule has 17 heavy (non-hydrogen) atoms. The predicted octanol–water partition coefficient (Wildman–Crippen LogP) is 3.86. The highest BCUT2D eigenvalue weighted by molar-refractivity contribution is 9.10. The van der Waals surface area contributed by atoms with Gasteiger partial charge >= 0.3 is 0 Å². The van der Waals surface area contributed by atoms with Crippen LogP contribution in [0.5, 0.6) is 0 Å². The van der Waals surface area contributed by atoms with Crippen molar-refractivity contribution in [2.24, 2.45) is 0 Å². The maximum atomic E-state index is 13.5. The first kappa shape index (κ1) is 12.1. The molecule has 5 heteroatoms. The van der Waals surface area contributed by atoms with Gasteiger partial charge in [-0.05, 0) is 47.5 Å². The number of benzene rings is 1. The van der Waals surface area contributed by atoms with Crippen LogP contribution in [-0.2, 0) is 6.54 Å². The minimum absolute atomic E-state index is 0.285. The number of imidazole rings is 1. The van der Waals surface area contributed by atoms with E-state index in [1.54, 1.807) is 12.3 Å². The molecule has 0 fully saturated rings. The monoisotopic (exact) mass is 297 g/mol. The Morgan fingerprint density at radius 1 is 1.47 bits per heavy atom. The lowest BCUT2D eigenvalue weighted by molar-refractivity contribution is 0.621. The third-order valence-corrected chi connectivity index (χ3v) is 3.18. The fourth-order valence-corrected chi connectivity index (χ4v) is 2.05. The summed E-state index contributed by atoms with van der Waals surface area (Å²) < 4.78 is 15.9. The van der Waals surface area contributed by atoms with Crippen LogP contribution in [0.1, 0.15) is 12.5 Å². The van der Waals surface area contributed by atoms with Crippen molar-refractivity contribution < 1.29 is 4.39 Å². The van der Waals surface area contributed by atoms with Crippen molar-refractivity contribution in [3.63, 3.8) is 0 Å². The number of aromatic nitrogens is 2. The van der Waals surface area contributed by atoms with E-state index in [1.807, 2.05) is 24.6 Å². The van der Waals surface area contributed by atoms with Crippen LogP contribution in [0.4, 0.5) is 16.0 Å². The Bertz CT molecular complexity index is 537. The van der Waals surface area contributed by atoms with Crippen molar-refractivity contribution in [3.05, 3.63) is 40.4 Å². The molecule has 0 aliphatic carbocycles. The Hall–Kier alpha value is -1.36. The Morgan fingerprint density at radius 2 is 2.24 bits per heavy atom. The molecular formula is C12H13BrFN3. The fourth-order valence-electron chi connectivity index (χ4n) is 1.59. The van der Waals surface area contributed by atoms with Crippen LogP contribution in [0.2, 0.25) is 0 Å². The van der Waals surface area contributed by atoms with E-state index in [4.69, 9.17) is 0 Å². The molecule has 0 unspecified atom stereocenters. The van der Waals surface area contributed by atoms with E-state index in [1.165, 1.54) is 6.07 Å². The number of nitrogens with zero attached hydrogens (tertiary/aromatic N) is 2. The molecule has 0 amide bonds. The van der Waals surface area contributed by atoms with Crippen molar-refractivity contribution in [2.75, 3.05) is 5.32 Å². The van der Waals surface area contributed by atoms with Crippen molar-refractivity contribution in [1.82, 2.24) is 9.55 Å².